The number of carboxylic acids is 1. The Morgan fingerprint density at radius 1 is 1.19 bits per heavy atom. The van der Waals surface area contributed by atoms with E-state index in [4.69, 9.17) is 9.47 Å². The van der Waals surface area contributed by atoms with Gasteiger partial charge in [0.15, 0.2) is 0 Å². The standard InChI is InChI=1S/C26H35NO5/c1-25(13-11-23(29)30)20-16-26(17-31-24(20)19-9-4-5-10-21(19)32-25)12-6-14-27(26)22(28)15-18-7-2-3-8-18/h4-5,9-10,18,20,24H,2-3,6-8,11-17H2,1H3,(H,29,30)/t20-,24+,25+,26+/m1/s1. The highest BCUT2D eigenvalue weighted by molar-refractivity contribution is 5.78. The zero-order chi connectivity index (χ0) is 22.3. The van der Waals surface area contributed by atoms with Gasteiger partial charge < -0.3 is 19.5 Å². The Labute approximate surface area is 190 Å². The van der Waals surface area contributed by atoms with Gasteiger partial charge in [0.1, 0.15) is 11.4 Å². The Hall–Kier alpha value is -2.08. The summed E-state index contributed by atoms with van der Waals surface area (Å²) in [5, 5.41) is 9.37. The number of rotatable bonds is 5. The molecule has 1 saturated carbocycles. The van der Waals surface area contributed by atoms with Crippen molar-refractivity contribution in [2.24, 2.45) is 11.8 Å². The number of nitrogens with zero attached hydrogens (tertiary/aromatic N) is 1. The summed E-state index contributed by atoms with van der Waals surface area (Å²) in [5.41, 5.74) is 0.104. The summed E-state index contributed by atoms with van der Waals surface area (Å²) >= 11 is 0. The summed E-state index contributed by atoms with van der Waals surface area (Å²) in [5.74, 6) is 0.790. The first kappa shape index (κ1) is 21.7. The summed E-state index contributed by atoms with van der Waals surface area (Å²) in [6.45, 7) is 3.38. The van der Waals surface area contributed by atoms with Gasteiger partial charge in [-0.3, -0.25) is 9.59 Å². The monoisotopic (exact) mass is 441 g/mol. The van der Waals surface area contributed by atoms with Crippen molar-refractivity contribution < 1.29 is 24.2 Å². The first-order chi connectivity index (χ1) is 15.4. The largest absolute Gasteiger partial charge is 0.487 e. The van der Waals surface area contributed by atoms with E-state index in [0.29, 0.717) is 25.4 Å². The van der Waals surface area contributed by atoms with Gasteiger partial charge in [0.2, 0.25) is 5.91 Å². The van der Waals surface area contributed by atoms with E-state index in [-0.39, 0.29) is 29.9 Å². The summed E-state index contributed by atoms with van der Waals surface area (Å²) in [6.07, 6.45) is 8.60. The van der Waals surface area contributed by atoms with E-state index in [0.717, 1.165) is 37.1 Å². The fourth-order valence-electron chi connectivity index (χ4n) is 6.77. The molecule has 1 spiro atoms. The van der Waals surface area contributed by atoms with Crippen LogP contribution in [0.3, 0.4) is 0 Å². The predicted molar refractivity (Wildman–Crippen MR) is 119 cm³/mol. The number of hydrogen-bond donors (Lipinski definition) is 1. The maximum absolute atomic E-state index is 13.4. The van der Waals surface area contributed by atoms with Gasteiger partial charge in [-0.15, -0.1) is 0 Å². The highest BCUT2D eigenvalue weighted by Gasteiger charge is 2.57. The number of ether oxygens (including phenoxy) is 2. The molecule has 3 fully saturated rings. The molecular formula is C26H35NO5. The first-order valence-electron chi connectivity index (χ1n) is 12.3. The molecule has 174 valence electrons. The molecule has 5 rings (SSSR count). The summed E-state index contributed by atoms with van der Waals surface area (Å²) < 4.78 is 13.1. The molecule has 2 saturated heterocycles. The van der Waals surface area contributed by atoms with Crippen molar-refractivity contribution in [2.45, 2.75) is 88.4 Å². The number of para-hydroxylation sites is 1. The molecule has 4 atom stereocenters. The lowest BCUT2D eigenvalue weighted by atomic mass is 9.68. The molecule has 3 aliphatic heterocycles. The van der Waals surface area contributed by atoms with Gasteiger partial charge in [-0.2, -0.15) is 0 Å². The number of benzene rings is 1. The minimum Gasteiger partial charge on any atom is -0.487 e. The molecule has 1 aromatic carbocycles. The Bertz CT molecular complexity index is 881. The highest BCUT2D eigenvalue weighted by Crippen LogP contribution is 2.55. The quantitative estimate of drug-likeness (QED) is 0.715. The minimum atomic E-state index is -0.814. The zero-order valence-corrected chi connectivity index (χ0v) is 19.1. The lowest BCUT2D eigenvalue weighted by Gasteiger charge is -2.54. The Morgan fingerprint density at radius 3 is 2.75 bits per heavy atom. The molecule has 0 aromatic heterocycles. The van der Waals surface area contributed by atoms with Crippen molar-refractivity contribution in [3.05, 3.63) is 29.8 Å². The molecular weight excluding hydrogens is 406 g/mol. The van der Waals surface area contributed by atoms with Crippen LogP contribution in [0.2, 0.25) is 0 Å². The fourth-order valence-corrected chi connectivity index (χ4v) is 6.77. The van der Waals surface area contributed by atoms with Gasteiger partial charge in [0, 0.05) is 30.9 Å². The summed E-state index contributed by atoms with van der Waals surface area (Å²) in [6, 6.07) is 7.95. The lowest BCUT2D eigenvalue weighted by Crippen LogP contribution is -2.60. The SMILES string of the molecule is C[C@@]1(CCC(=O)O)Oc2ccccc2[C@@H]2OC[C@]3(CCCN3C(=O)CC3CCCC3)C[C@H]21. The Morgan fingerprint density at radius 2 is 1.97 bits per heavy atom. The first-order valence-corrected chi connectivity index (χ1v) is 12.3. The van der Waals surface area contributed by atoms with Crippen molar-refractivity contribution in [2.75, 3.05) is 13.2 Å². The maximum atomic E-state index is 13.4. The van der Waals surface area contributed by atoms with Crippen molar-refractivity contribution in [1.29, 1.82) is 0 Å². The Balaban J connectivity index is 1.42. The minimum absolute atomic E-state index is 0.00498. The van der Waals surface area contributed by atoms with Crippen molar-refractivity contribution in [3.8, 4) is 5.75 Å². The van der Waals surface area contributed by atoms with Crippen LogP contribution in [-0.2, 0) is 14.3 Å². The van der Waals surface area contributed by atoms with Crippen molar-refractivity contribution in [1.82, 2.24) is 4.90 Å². The van der Waals surface area contributed by atoms with Crippen LogP contribution in [0.15, 0.2) is 24.3 Å². The van der Waals surface area contributed by atoms with Gasteiger partial charge in [-0.25, -0.2) is 0 Å². The third-order valence-electron chi connectivity index (χ3n) is 8.52. The van der Waals surface area contributed by atoms with E-state index in [1.807, 2.05) is 25.1 Å². The van der Waals surface area contributed by atoms with Crippen molar-refractivity contribution >= 4 is 11.9 Å². The number of carboxylic acid groups (broad SMARTS) is 1. The molecule has 1 amide bonds. The molecule has 32 heavy (non-hydrogen) atoms. The number of aliphatic carboxylic acids is 1. The van der Waals surface area contributed by atoms with E-state index in [1.165, 1.54) is 25.7 Å². The molecule has 0 radical (unpaired) electrons. The maximum Gasteiger partial charge on any atom is 0.303 e. The average molecular weight is 442 g/mol. The number of fused-ring (bicyclic) bond motifs is 3. The van der Waals surface area contributed by atoms with Crippen LogP contribution in [0.5, 0.6) is 5.75 Å². The van der Waals surface area contributed by atoms with Gasteiger partial charge in [0.25, 0.3) is 0 Å². The number of likely N-dealkylation sites (tertiary alicyclic amines) is 1. The van der Waals surface area contributed by atoms with Crippen LogP contribution < -0.4 is 4.74 Å². The van der Waals surface area contributed by atoms with Crippen LogP contribution >= 0.6 is 0 Å². The summed E-state index contributed by atoms with van der Waals surface area (Å²) in [7, 11) is 0. The molecule has 0 bridgehead atoms. The third kappa shape index (κ3) is 3.81. The number of carbonyl (C=O) groups is 2. The smallest absolute Gasteiger partial charge is 0.303 e. The molecule has 1 aliphatic carbocycles. The summed E-state index contributed by atoms with van der Waals surface area (Å²) in [4.78, 5) is 26.9. The van der Waals surface area contributed by atoms with E-state index < -0.39 is 11.6 Å². The molecule has 4 aliphatic rings. The van der Waals surface area contributed by atoms with Gasteiger partial charge in [-0.05, 0) is 57.4 Å². The van der Waals surface area contributed by atoms with Crippen LogP contribution in [0.1, 0.15) is 82.8 Å². The van der Waals surface area contributed by atoms with Gasteiger partial charge >= 0.3 is 5.97 Å². The van der Waals surface area contributed by atoms with E-state index >= 15 is 0 Å². The van der Waals surface area contributed by atoms with Crippen LogP contribution in [0, 0.1) is 11.8 Å². The lowest BCUT2D eigenvalue weighted by molar-refractivity contribution is -0.180. The van der Waals surface area contributed by atoms with Crippen LogP contribution in [0.4, 0.5) is 0 Å². The highest BCUT2D eigenvalue weighted by atomic mass is 16.5. The topological polar surface area (TPSA) is 76.1 Å². The molecule has 6 nitrogen and oxygen atoms in total. The fraction of sp³-hybridized carbons (Fsp3) is 0.692. The number of hydrogen-bond acceptors (Lipinski definition) is 4. The second-order valence-electron chi connectivity index (χ2n) is 10.6. The van der Waals surface area contributed by atoms with Gasteiger partial charge in [-0.1, -0.05) is 31.0 Å². The van der Waals surface area contributed by atoms with Crippen LogP contribution in [-0.4, -0.2) is 46.2 Å². The predicted octanol–water partition coefficient (Wildman–Crippen LogP) is 4.72. The molecule has 6 heteroatoms. The van der Waals surface area contributed by atoms with Crippen molar-refractivity contribution in [3.63, 3.8) is 0 Å². The Kier molecular flexibility index (Phi) is 5.68. The second kappa shape index (κ2) is 8.36. The molecule has 1 aromatic rings. The number of carbonyl (C=O) groups excluding carboxylic acids is 1. The zero-order valence-electron chi connectivity index (χ0n) is 19.1. The van der Waals surface area contributed by atoms with E-state index in [2.05, 4.69) is 11.0 Å². The van der Waals surface area contributed by atoms with E-state index in [9.17, 15) is 14.7 Å². The third-order valence-corrected chi connectivity index (χ3v) is 8.52. The number of amides is 1. The molecule has 1 N–H and O–H groups in total. The average Bonchev–Trinajstić information content (AvgIpc) is 3.43. The normalized spacial score (nSPS) is 34.2. The molecule has 0 unspecified atom stereocenters. The van der Waals surface area contributed by atoms with Crippen LogP contribution in [0.25, 0.3) is 0 Å². The van der Waals surface area contributed by atoms with Gasteiger partial charge in [0.05, 0.1) is 18.2 Å². The molecule has 3 heterocycles. The second-order valence-corrected chi connectivity index (χ2v) is 10.6. The van der Waals surface area contributed by atoms with E-state index in [1.54, 1.807) is 0 Å².